The first kappa shape index (κ1) is 23.4. The van der Waals surface area contributed by atoms with Crippen molar-refractivity contribution in [3.63, 3.8) is 0 Å². The molecule has 1 aliphatic rings. The van der Waals surface area contributed by atoms with E-state index < -0.39 is 5.82 Å². The Kier molecular flexibility index (Phi) is 7.48. The number of nitrogens with zero attached hydrogens (tertiary/aromatic N) is 2. The summed E-state index contributed by atoms with van der Waals surface area (Å²) in [5.41, 5.74) is 0.957. The van der Waals surface area contributed by atoms with Crippen molar-refractivity contribution in [3.05, 3.63) is 72.2 Å². The van der Waals surface area contributed by atoms with E-state index in [9.17, 15) is 14.0 Å². The topological polar surface area (TPSA) is 90.0 Å². The summed E-state index contributed by atoms with van der Waals surface area (Å²) >= 11 is 1.16. The molecule has 1 N–H and O–H groups in total. The van der Waals surface area contributed by atoms with Crippen LogP contribution in [0.3, 0.4) is 0 Å². The van der Waals surface area contributed by atoms with E-state index in [0.29, 0.717) is 27.8 Å². The summed E-state index contributed by atoms with van der Waals surface area (Å²) in [6.45, 7) is 0.531. The lowest BCUT2D eigenvalue weighted by Crippen LogP contribution is -2.31. The Hall–Kier alpha value is -3.79. The number of benzene rings is 2. The highest BCUT2D eigenvalue weighted by molar-refractivity contribution is 8.00. The van der Waals surface area contributed by atoms with E-state index in [1.165, 1.54) is 17.0 Å². The van der Waals surface area contributed by atoms with Gasteiger partial charge in [-0.15, -0.1) is 0 Å². The van der Waals surface area contributed by atoms with Crippen LogP contribution in [-0.4, -0.2) is 54.4 Å². The van der Waals surface area contributed by atoms with Gasteiger partial charge in [0.15, 0.2) is 23.1 Å². The van der Waals surface area contributed by atoms with Crippen molar-refractivity contribution in [1.29, 1.82) is 0 Å². The van der Waals surface area contributed by atoms with E-state index in [-0.39, 0.29) is 43.3 Å². The van der Waals surface area contributed by atoms with Gasteiger partial charge in [-0.2, -0.15) is 0 Å². The zero-order valence-corrected chi connectivity index (χ0v) is 19.1. The molecule has 0 aliphatic carbocycles. The average molecular weight is 484 g/mol. The Labute approximate surface area is 200 Å². The highest BCUT2D eigenvalue weighted by atomic mass is 32.2. The molecule has 0 saturated heterocycles. The molecule has 2 amide bonds. The van der Waals surface area contributed by atoms with Gasteiger partial charge in [-0.1, -0.05) is 23.9 Å². The summed E-state index contributed by atoms with van der Waals surface area (Å²) in [7, 11) is 1.63. The fourth-order valence-corrected chi connectivity index (χ4v) is 3.92. The highest BCUT2D eigenvalue weighted by Crippen LogP contribution is 2.34. The molecule has 8 nitrogen and oxygen atoms in total. The van der Waals surface area contributed by atoms with Gasteiger partial charge >= 0.3 is 0 Å². The van der Waals surface area contributed by atoms with Gasteiger partial charge in [-0.25, -0.2) is 9.37 Å². The molecule has 2 aromatic carbocycles. The first-order valence-corrected chi connectivity index (χ1v) is 11.4. The van der Waals surface area contributed by atoms with Crippen molar-refractivity contribution >= 4 is 29.3 Å². The van der Waals surface area contributed by atoms with E-state index in [4.69, 9.17) is 14.2 Å². The monoisotopic (exact) mass is 483 g/mol. The van der Waals surface area contributed by atoms with E-state index in [0.717, 1.165) is 11.8 Å². The van der Waals surface area contributed by atoms with Crippen molar-refractivity contribution in [2.45, 2.75) is 5.03 Å². The Morgan fingerprint density at radius 3 is 2.82 bits per heavy atom. The third kappa shape index (κ3) is 5.76. The maximum Gasteiger partial charge on any atom is 0.256 e. The van der Waals surface area contributed by atoms with Crippen LogP contribution in [0.1, 0.15) is 10.4 Å². The summed E-state index contributed by atoms with van der Waals surface area (Å²) in [5, 5.41) is 3.24. The lowest BCUT2D eigenvalue weighted by Gasteiger charge is -2.19. The summed E-state index contributed by atoms with van der Waals surface area (Å²) in [5.74, 6) is 0.420. The number of amides is 2. The highest BCUT2D eigenvalue weighted by Gasteiger charge is 2.19. The van der Waals surface area contributed by atoms with Crippen molar-refractivity contribution in [2.75, 3.05) is 38.1 Å². The number of para-hydroxylation sites is 1. The maximum atomic E-state index is 13.7. The van der Waals surface area contributed by atoms with Crippen LogP contribution < -0.4 is 19.5 Å². The number of aromatic nitrogens is 1. The Morgan fingerprint density at radius 2 is 1.97 bits per heavy atom. The lowest BCUT2D eigenvalue weighted by atomic mass is 10.2. The second-order valence-electron chi connectivity index (χ2n) is 7.27. The molecule has 1 aromatic heterocycles. The molecule has 0 bridgehead atoms. The van der Waals surface area contributed by atoms with E-state index in [1.807, 2.05) is 0 Å². The van der Waals surface area contributed by atoms with Crippen LogP contribution in [0.15, 0.2) is 65.8 Å². The summed E-state index contributed by atoms with van der Waals surface area (Å²) < 4.78 is 29.7. The lowest BCUT2D eigenvalue weighted by molar-refractivity contribution is -0.113. The Bertz CT molecular complexity index is 1190. The minimum atomic E-state index is -0.457. The maximum absolute atomic E-state index is 13.7. The molecule has 0 unspecified atom stereocenters. The van der Waals surface area contributed by atoms with Gasteiger partial charge in [-0.3, -0.25) is 9.59 Å². The number of thioether (sulfide) groups is 1. The number of halogens is 1. The van der Waals surface area contributed by atoms with E-state index >= 15 is 0 Å². The number of hydrogen-bond acceptors (Lipinski definition) is 7. The van der Waals surface area contributed by atoms with Crippen LogP contribution in [0.5, 0.6) is 17.2 Å². The van der Waals surface area contributed by atoms with Crippen LogP contribution in [-0.2, 0) is 4.79 Å². The molecule has 4 rings (SSSR count). The molecule has 3 aromatic rings. The van der Waals surface area contributed by atoms with Crippen LogP contribution in [0, 0.1) is 5.82 Å². The number of hydrogen-bond donors (Lipinski definition) is 1. The molecule has 0 spiro atoms. The van der Waals surface area contributed by atoms with Crippen molar-refractivity contribution in [3.8, 4) is 17.2 Å². The molecular formula is C24H22FN3O5S. The van der Waals surface area contributed by atoms with Crippen LogP contribution in [0.2, 0.25) is 0 Å². The number of carbonyl (C=O) groups excluding carboxylic acids is 2. The van der Waals surface area contributed by atoms with Gasteiger partial charge in [0.1, 0.15) is 11.6 Å². The second kappa shape index (κ2) is 10.9. The number of pyridine rings is 1. The number of anilines is 1. The number of carbonyl (C=O) groups is 2. The summed E-state index contributed by atoms with van der Waals surface area (Å²) in [6.07, 6.45) is 1.57. The van der Waals surface area contributed by atoms with Crippen molar-refractivity contribution in [2.24, 2.45) is 0 Å². The molecule has 0 saturated carbocycles. The molecule has 176 valence electrons. The molecule has 0 radical (unpaired) electrons. The Morgan fingerprint density at radius 1 is 1.15 bits per heavy atom. The molecule has 2 heterocycles. The minimum absolute atomic E-state index is 0.0614. The summed E-state index contributed by atoms with van der Waals surface area (Å²) in [4.78, 5) is 31.1. The number of nitrogens with one attached hydrogen (secondary N) is 1. The van der Waals surface area contributed by atoms with Crippen LogP contribution in [0.25, 0.3) is 0 Å². The molecule has 34 heavy (non-hydrogen) atoms. The smallest absolute Gasteiger partial charge is 0.256 e. The quantitative estimate of drug-likeness (QED) is 0.463. The van der Waals surface area contributed by atoms with E-state index in [1.54, 1.807) is 55.7 Å². The molecule has 10 heteroatoms. The third-order valence-electron chi connectivity index (χ3n) is 4.87. The van der Waals surface area contributed by atoms with Gasteiger partial charge in [0.2, 0.25) is 12.7 Å². The van der Waals surface area contributed by atoms with Crippen LogP contribution >= 0.6 is 11.8 Å². The first-order chi connectivity index (χ1) is 16.5. The number of likely N-dealkylation sites (N-methyl/N-ethyl adjacent to an activating group) is 1. The fourth-order valence-electron chi connectivity index (χ4n) is 3.14. The third-order valence-corrected chi connectivity index (χ3v) is 5.87. The second-order valence-corrected chi connectivity index (χ2v) is 8.23. The normalized spacial score (nSPS) is 11.7. The molecular weight excluding hydrogens is 461 g/mol. The van der Waals surface area contributed by atoms with Crippen LogP contribution in [0.4, 0.5) is 10.1 Å². The van der Waals surface area contributed by atoms with Gasteiger partial charge in [0.05, 0.1) is 17.9 Å². The molecule has 0 fully saturated rings. The average Bonchev–Trinajstić information content (AvgIpc) is 3.31. The van der Waals surface area contributed by atoms with Gasteiger partial charge in [-0.05, 0) is 36.4 Å². The van der Waals surface area contributed by atoms with E-state index in [2.05, 4.69) is 10.3 Å². The number of rotatable bonds is 9. The predicted molar refractivity (Wildman–Crippen MR) is 125 cm³/mol. The van der Waals surface area contributed by atoms with Crippen molar-refractivity contribution in [1.82, 2.24) is 9.88 Å². The minimum Gasteiger partial charge on any atom is -0.489 e. The van der Waals surface area contributed by atoms with Gasteiger partial charge in [0, 0.05) is 25.0 Å². The number of ether oxygens (including phenoxy) is 3. The van der Waals surface area contributed by atoms with Gasteiger partial charge in [0.25, 0.3) is 5.91 Å². The predicted octanol–water partition coefficient (Wildman–Crippen LogP) is 3.83. The fraction of sp³-hybridized carbons (Fsp3) is 0.208. The summed E-state index contributed by atoms with van der Waals surface area (Å²) in [6, 6.07) is 14.6. The zero-order chi connectivity index (χ0) is 23.9. The SMILES string of the molecule is CN(CCOc1ccccc1F)C(=O)c1cccnc1SCC(=O)Nc1ccc2c(c1)OCO2. The largest absolute Gasteiger partial charge is 0.489 e. The number of fused-ring (bicyclic) bond motifs is 1. The van der Waals surface area contributed by atoms with Gasteiger partial charge < -0.3 is 24.4 Å². The first-order valence-electron chi connectivity index (χ1n) is 10.4. The molecule has 1 aliphatic heterocycles. The molecule has 0 atom stereocenters. The standard InChI is InChI=1S/C24H22FN3O5S/c1-28(11-12-31-19-7-3-2-6-18(19)25)24(30)17-5-4-10-26-23(17)34-14-22(29)27-16-8-9-20-21(13-16)33-15-32-20/h2-10,13H,11-12,14-15H2,1H3,(H,27,29). The Balaban J connectivity index is 1.31. The zero-order valence-electron chi connectivity index (χ0n) is 18.3. The van der Waals surface area contributed by atoms with Crippen molar-refractivity contribution < 1.29 is 28.2 Å².